The van der Waals surface area contributed by atoms with Gasteiger partial charge in [0.05, 0.1) is 0 Å². The Hall–Kier alpha value is 0.700. The molecule has 0 aromatic rings. The molecule has 0 saturated carbocycles. The molecule has 1 unspecified atom stereocenters. The monoisotopic (exact) mass is 136 g/mol. The van der Waals surface area contributed by atoms with Crippen molar-refractivity contribution in [1.82, 2.24) is 0 Å². The Kier molecular flexibility index (Phi) is 7.54. The fraction of sp³-hybridized carbons (Fsp3) is 0.571. The van der Waals surface area contributed by atoms with Crippen molar-refractivity contribution < 1.29 is 34.7 Å². The Morgan fingerprint density at radius 3 is 2.33 bits per heavy atom. The van der Waals surface area contributed by atoms with Gasteiger partial charge in [0, 0.05) is 5.60 Å². The summed E-state index contributed by atoms with van der Waals surface area (Å²) in [7, 11) is 0. The minimum Gasteiger partial charge on any atom is -0.393 e. The van der Waals surface area contributed by atoms with E-state index in [-0.39, 0.29) is 29.6 Å². The van der Waals surface area contributed by atoms with E-state index >= 15 is 0 Å². The second-order valence-corrected chi connectivity index (χ2v) is 2.24. The maximum atomic E-state index is 9.19. The molecule has 1 atom stereocenters. The van der Waals surface area contributed by atoms with Gasteiger partial charge in [0.25, 0.3) is 0 Å². The van der Waals surface area contributed by atoms with Gasteiger partial charge in [-0.05, 0) is 13.3 Å². The van der Waals surface area contributed by atoms with E-state index in [1.54, 1.807) is 13.0 Å². The third kappa shape index (κ3) is 6.59. The molecule has 0 bridgehead atoms. The van der Waals surface area contributed by atoms with Gasteiger partial charge in [-0.2, -0.15) is 6.42 Å². The van der Waals surface area contributed by atoms with Gasteiger partial charge in [-0.3, -0.25) is 0 Å². The van der Waals surface area contributed by atoms with Crippen molar-refractivity contribution in [2.45, 2.75) is 25.4 Å². The average Bonchev–Trinajstić information content (AvgIpc) is 1.67. The molecule has 0 saturated heterocycles. The molecule has 0 aromatic carbocycles. The molecule has 0 spiro atoms. The molecule has 48 valence electrons. The summed E-state index contributed by atoms with van der Waals surface area (Å²) in [6.07, 6.45) is 2.86. The predicted octanol–water partition coefficient (Wildman–Crippen LogP) is -1.46. The molecule has 0 aliphatic heterocycles. The standard InChI is InChI=1S/C7H13O.Na/c1-4-6-7(3,8)5-2;/h4,8H,1-2,5-6H2,3H3;/q-1;+1. The van der Waals surface area contributed by atoms with E-state index in [0.29, 0.717) is 12.8 Å². The zero-order chi connectivity index (χ0) is 6.62. The summed E-state index contributed by atoms with van der Waals surface area (Å²) in [5.74, 6) is 0. The van der Waals surface area contributed by atoms with Crippen molar-refractivity contribution in [2.24, 2.45) is 0 Å². The molecule has 1 N–H and O–H groups in total. The van der Waals surface area contributed by atoms with E-state index < -0.39 is 5.60 Å². The van der Waals surface area contributed by atoms with Crippen LogP contribution >= 0.6 is 0 Å². The van der Waals surface area contributed by atoms with Gasteiger partial charge in [0.15, 0.2) is 0 Å². The van der Waals surface area contributed by atoms with E-state index in [2.05, 4.69) is 13.5 Å². The van der Waals surface area contributed by atoms with Crippen molar-refractivity contribution >= 4 is 0 Å². The van der Waals surface area contributed by atoms with Crippen LogP contribution in [0.4, 0.5) is 0 Å². The Labute approximate surface area is 79.4 Å². The maximum Gasteiger partial charge on any atom is 1.00 e. The third-order valence-electron chi connectivity index (χ3n) is 1.12. The normalized spacial score (nSPS) is 15.4. The van der Waals surface area contributed by atoms with E-state index in [4.69, 9.17) is 0 Å². The zero-order valence-electron chi connectivity index (χ0n) is 6.35. The third-order valence-corrected chi connectivity index (χ3v) is 1.12. The van der Waals surface area contributed by atoms with Crippen molar-refractivity contribution in [3.05, 3.63) is 19.6 Å². The molecule has 2 heteroatoms. The number of hydrogen-bond acceptors (Lipinski definition) is 1. The summed E-state index contributed by atoms with van der Waals surface area (Å²) >= 11 is 0. The molecule has 0 radical (unpaired) electrons. The molecule has 1 nitrogen and oxygen atoms in total. The minimum atomic E-state index is -0.637. The van der Waals surface area contributed by atoms with Crippen LogP contribution in [-0.4, -0.2) is 10.7 Å². The van der Waals surface area contributed by atoms with Gasteiger partial charge < -0.3 is 12.0 Å². The number of rotatable bonds is 3. The van der Waals surface area contributed by atoms with Crippen LogP contribution in [0.15, 0.2) is 12.7 Å². The number of hydrogen-bond donors (Lipinski definition) is 1. The SMILES string of the molecule is C=CCC(C)(O)C[CH2-].[Na+]. The summed E-state index contributed by atoms with van der Waals surface area (Å²) in [5, 5.41) is 9.19. The fourth-order valence-electron chi connectivity index (χ4n) is 0.413. The first kappa shape index (κ1) is 12.4. The topological polar surface area (TPSA) is 20.2 Å². The van der Waals surface area contributed by atoms with Gasteiger partial charge in [-0.15, -0.1) is 6.58 Å². The summed E-state index contributed by atoms with van der Waals surface area (Å²) in [5.41, 5.74) is -0.637. The average molecular weight is 136 g/mol. The summed E-state index contributed by atoms with van der Waals surface area (Å²) in [6, 6.07) is 0. The smallest absolute Gasteiger partial charge is 0.393 e. The Balaban J connectivity index is 0. The molecule has 9 heavy (non-hydrogen) atoms. The van der Waals surface area contributed by atoms with Crippen LogP contribution in [-0.2, 0) is 0 Å². The van der Waals surface area contributed by atoms with Crippen LogP contribution in [0.1, 0.15) is 19.8 Å². The summed E-state index contributed by atoms with van der Waals surface area (Å²) in [4.78, 5) is 0. The van der Waals surface area contributed by atoms with E-state index in [9.17, 15) is 5.11 Å². The van der Waals surface area contributed by atoms with Crippen molar-refractivity contribution in [1.29, 1.82) is 0 Å². The Morgan fingerprint density at radius 2 is 2.22 bits per heavy atom. The van der Waals surface area contributed by atoms with Gasteiger partial charge in [-0.1, -0.05) is 6.08 Å². The zero-order valence-corrected chi connectivity index (χ0v) is 8.35. The van der Waals surface area contributed by atoms with E-state index in [1.165, 1.54) is 0 Å². The van der Waals surface area contributed by atoms with Crippen molar-refractivity contribution in [3.63, 3.8) is 0 Å². The van der Waals surface area contributed by atoms with Gasteiger partial charge in [0.2, 0.25) is 0 Å². The molecule has 0 aromatic heterocycles. The van der Waals surface area contributed by atoms with Crippen molar-refractivity contribution in [2.75, 3.05) is 0 Å². The molecule has 0 heterocycles. The molecular formula is C7H13NaO. The summed E-state index contributed by atoms with van der Waals surface area (Å²) < 4.78 is 0. The quantitative estimate of drug-likeness (QED) is 0.286. The minimum absolute atomic E-state index is 0. The first-order chi connectivity index (χ1) is 3.62. The Bertz CT molecular complexity index is 79.0. The fourth-order valence-corrected chi connectivity index (χ4v) is 0.413. The molecular weight excluding hydrogens is 123 g/mol. The first-order valence-electron chi connectivity index (χ1n) is 2.75. The molecule has 0 aliphatic carbocycles. The van der Waals surface area contributed by atoms with Crippen LogP contribution in [0, 0.1) is 6.92 Å². The molecule has 0 amide bonds. The maximum absolute atomic E-state index is 9.19. The predicted molar refractivity (Wildman–Crippen MR) is 35.4 cm³/mol. The second-order valence-electron chi connectivity index (χ2n) is 2.24. The summed E-state index contributed by atoms with van der Waals surface area (Å²) in [6.45, 7) is 8.84. The van der Waals surface area contributed by atoms with Crippen LogP contribution in [0.25, 0.3) is 0 Å². The Morgan fingerprint density at radius 1 is 1.78 bits per heavy atom. The van der Waals surface area contributed by atoms with Gasteiger partial charge in [0.1, 0.15) is 0 Å². The van der Waals surface area contributed by atoms with E-state index in [1.807, 2.05) is 0 Å². The van der Waals surface area contributed by atoms with Gasteiger partial charge in [-0.25, -0.2) is 0 Å². The molecule has 0 fully saturated rings. The van der Waals surface area contributed by atoms with Crippen LogP contribution < -0.4 is 29.6 Å². The van der Waals surface area contributed by atoms with Crippen LogP contribution in [0.5, 0.6) is 0 Å². The largest absolute Gasteiger partial charge is 1.00 e. The molecule has 0 aliphatic rings. The van der Waals surface area contributed by atoms with E-state index in [0.717, 1.165) is 0 Å². The second kappa shape index (κ2) is 5.48. The first-order valence-corrected chi connectivity index (χ1v) is 2.75. The van der Waals surface area contributed by atoms with Crippen molar-refractivity contribution in [3.8, 4) is 0 Å². The number of aliphatic hydroxyl groups is 1. The molecule has 0 rings (SSSR count). The van der Waals surface area contributed by atoms with Crippen LogP contribution in [0.2, 0.25) is 0 Å². The van der Waals surface area contributed by atoms with Crippen LogP contribution in [0.3, 0.4) is 0 Å². The van der Waals surface area contributed by atoms with Gasteiger partial charge >= 0.3 is 29.6 Å².